The number of alkyl halides is 3. The molecule has 0 radical (unpaired) electrons. The number of aromatic nitrogens is 1. The zero-order valence-electron chi connectivity index (χ0n) is 8.79. The standard InChI is InChI=1S/C8H8ClF3N2O2S/c1-14(17(2,15)16)7-4-5(8(10,11)12)3-6(9)13-7/h3-4H,1-2H3. The highest BCUT2D eigenvalue weighted by atomic mass is 35.5. The monoisotopic (exact) mass is 288 g/mol. The molecular weight excluding hydrogens is 281 g/mol. The summed E-state index contributed by atoms with van der Waals surface area (Å²) in [6, 6.07) is 1.24. The Balaban J connectivity index is 3.33. The van der Waals surface area contributed by atoms with Crippen LogP contribution in [-0.4, -0.2) is 26.7 Å². The lowest BCUT2D eigenvalue weighted by Crippen LogP contribution is -2.26. The van der Waals surface area contributed by atoms with Gasteiger partial charge in [0, 0.05) is 7.05 Å². The summed E-state index contributed by atoms with van der Waals surface area (Å²) >= 11 is 5.42. The normalized spacial score (nSPS) is 12.6. The molecule has 0 aliphatic heterocycles. The summed E-state index contributed by atoms with van der Waals surface area (Å²) in [4.78, 5) is 3.53. The molecule has 1 aromatic rings. The Hall–Kier alpha value is -1.02. The predicted molar refractivity (Wildman–Crippen MR) is 57.5 cm³/mol. The first-order valence-electron chi connectivity index (χ1n) is 4.20. The maximum Gasteiger partial charge on any atom is 0.416 e. The van der Waals surface area contributed by atoms with Crippen LogP contribution in [0.15, 0.2) is 12.1 Å². The largest absolute Gasteiger partial charge is 0.416 e. The first-order chi connectivity index (χ1) is 7.51. The van der Waals surface area contributed by atoms with E-state index in [1.165, 1.54) is 0 Å². The van der Waals surface area contributed by atoms with E-state index in [9.17, 15) is 21.6 Å². The van der Waals surface area contributed by atoms with Crippen molar-refractivity contribution in [1.29, 1.82) is 0 Å². The molecule has 0 fully saturated rings. The van der Waals surface area contributed by atoms with E-state index in [-0.39, 0.29) is 5.82 Å². The van der Waals surface area contributed by atoms with E-state index < -0.39 is 26.9 Å². The summed E-state index contributed by atoms with van der Waals surface area (Å²) in [5.74, 6) is -0.382. The van der Waals surface area contributed by atoms with Crippen LogP contribution in [0.4, 0.5) is 19.0 Å². The number of anilines is 1. The van der Waals surface area contributed by atoms with Crippen molar-refractivity contribution < 1.29 is 21.6 Å². The van der Waals surface area contributed by atoms with Gasteiger partial charge in [0.1, 0.15) is 11.0 Å². The summed E-state index contributed by atoms with van der Waals surface area (Å²) in [6.07, 6.45) is -3.76. The van der Waals surface area contributed by atoms with E-state index in [4.69, 9.17) is 11.6 Å². The van der Waals surface area contributed by atoms with Crippen molar-refractivity contribution in [3.05, 3.63) is 22.8 Å². The van der Waals surface area contributed by atoms with E-state index >= 15 is 0 Å². The van der Waals surface area contributed by atoms with Crippen LogP contribution >= 0.6 is 11.6 Å². The molecule has 0 saturated heterocycles. The molecule has 0 atom stereocenters. The molecule has 96 valence electrons. The molecule has 0 aliphatic rings. The second-order valence-electron chi connectivity index (χ2n) is 3.26. The van der Waals surface area contributed by atoms with Gasteiger partial charge in [-0.1, -0.05) is 11.6 Å². The average molecular weight is 289 g/mol. The summed E-state index contributed by atoms with van der Waals surface area (Å²) in [6.45, 7) is 0. The Morgan fingerprint density at radius 1 is 1.35 bits per heavy atom. The molecule has 0 saturated carbocycles. The fourth-order valence-corrected chi connectivity index (χ4v) is 1.62. The van der Waals surface area contributed by atoms with Crippen LogP contribution in [0, 0.1) is 0 Å². The molecule has 0 amide bonds. The van der Waals surface area contributed by atoms with Crippen LogP contribution in [0.1, 0.15) is 5.56 Å². The Kier molecular flexibility index (Phi) is 3.58. The van der Waals surface area contributed by atoms with E-state index in [1.54, 1.807) is 0 Å². The summed E-state index contributed by atoms with van der Waals surface area (Å²) in [7, 11) is -2.60. The van der Waals surface area contributed by atoms with E-state index in [0.717, 1.165) is 13.3 Å². The van der Waals surface area contributed by atoms with Gasteiger partial charge in [0.15, 0.2) is 0 Å². The molecular formula is C8H8ClF3N2O2S. The molecule has 17 heavy (non-hydrogen) atoms. The van der Waals surface area contributed by atoms with Gasteiger partial charge in [0.2, 0.25) is 10.0 Å². The van der Waals surface area contributed by atoms with Crippen LogP contribution in [0.3, 0.4) is 0 Å². The Morgan fingerprint density at radius 3 is 2.29 bits per heavy atom. The van der Waals surface area contributed by atoms with Crippen LogP contribution in [0.5, 0.6) is 0 Å². The lowest BCUT2D eigenvalue weighted by Gasteiger charge is -2.17. The van der Waals surface area contributed by atoms with Gasteiger partial charge in [-0.3, -0.25) is 4.31 Å². The van der Waals surface area contributed by atoms with Crippen molar-refractivity contribution >= 4 is 27.4 Å². The second-order valence-corrected chi connectivity index (χ2v) is 5.67. The van der Waals surface area contributed by atoms with Crippen LogP contribution in [0.2, 0.25) is 5.15 Å². The van der Waals surface area contributed by atoms with Gasteiger partial charge in [-0.15, -0.1) is 0 Å². The van der Waals surface area contributed by atoms with Gasteiger partial charge in [-0.2, -0.15) is 13.2 Å². The first kappa shape index (κ1) is 14.0. The van der Waals surface area contributed by atoms with Gasteiger partial charge < -0.3 is 0 Å². The topological polar surface area (TPSA) is 50.3 Å². The third-order valence-corrected chi connectivity index (χ3v) is 3.30. The number of rotatable bonds is 2. The maximum atomic E-state index is 12.5. The van der Waals surface area contributed by atoms with Crippen LogP contribution in [0.25, 0.3) is 0 Å². The van der Waals surface area contributed by atoms with Crippen LogP contribution in [-0.2, 0) is 16.2 Å². The van der Waals surface area contributed by atoms with Gasteiger partial charge >= 0.3 is 6.18 Å². The molecule has 1 aromatic heterocycles. The smallest absolute Gasteiger partial charge is 0.257 e. The molecule has 9 heteroatoms. The molecule has 4 nitrogen and oxygen atoms in total. The second kappa shape index (κ2) is 4.34. The average Bonchev–Trinajstić information content (AvgIpc) is 2.12. The number of sulfonamides is 1. The first-order valence-corrected chi connectivity index (χ1v) is 6.43. The fourth-order valence-electron chi connectivity index (χ4n) is 0.978. The number of hydrogen-bond donors (Lipinski definition) is 0. The van der Waals surface area contributed by atoms with Gasteiger partial charge in [-0.25, -0.2) is 13.4 Å². The number of halogens is 4. The zero-order valence-corrected chi connectivity index (χ0v) is 10.4. The minimum atomic E-state index is -4.61. The maximum absolute atomic E-state index is 12.5. The highest BCUT2D eigenvalue weighted by Gasteiger charge is 2.32. The van der Waals surface area contributed by atoms with Crippen molar-refractivity contribution in [2.75, 3.05) is 17.6 Å². The van der Waals surface area contributed by atoms with Crippen molar-refractivity contribution in [3.63, 3.8) is 0 Å². The number of hydrogen-bond acceptors (Lipinski definition) is 3. The molecule has 1 rings (SSSR count). The quantitative estimate of drug-likeness (QED) is 0.784. The molecule has 0 aromatic carbocycles. The molecule has 0 unspecified atom stereocenters. The summed E-state index contributed by atoms with van der Waals surface area (Å²) in [5.41, 5.74) is -1.05. The number of nitrogens with zero attached hydrogens (tertiary/aromatic N) is 2. The minimum Gasteiger partial charge on any atom is -0.257 e. The van der Waals surface area contributed by atoms with Gasteiger partial charge in [0.25, 0.3) is 0 Å². The van der Waals surface area contributed by atoms with E-state index in [2.05, 4.69) is 4.98 Å². The Bertz CT molecular complexity index is 530. The molecule has 0 spiro atoms. The zero-order chi connectivity index (χ0) is 13.4. The predicted octanol–water partition coefficient (Wildman–Crippen LogP) is 2.15. The van der Waals surface area contributed by atoms with Crippen molar-refractivity contribution in [3.8, 4) is 0 Å². The fraction of sp³-hybridized carbons (Fsp3) is 0.375. The van der Waals surface area contributed by atoms with Gasteiger partial charge in [-0.05, 0) is 12.1 Å². The molecule has 0 N–H and O–H groups in total. The van der Waals surface area contributed by atoms with Crippen molar-refractivity contribution in [1.82, 2.24) is 4.98 Å². The molecule has 1 heterocycles. The lowest BCUT2D eigenvalue weighted by atomic mass is 10.2. The van der Waals surface area contributed by atoms with Crippen molar-refractivity contribution in [2.24, 2.45) is 0 Å². The van der Waals surface area contributed by atoms with E-state index in [1.807, 2.05) is 0 Å². The summed E-state index contributed by atoms with van der Waals surface area (Å²) in [5, 5.41) is -0.426. The Labute approximate surface area is 101 Å². The van der Waals surface area contributed by atoms with Gasteiger partial charge in [0.05, 0.1) is 11.8 Å². The van der Waals surface area contributed by atoms with E-state index in [0.29, 0.717) is 16.4 Å². The SMILES string of the molecule is CN(c1cc(C(F)(F)F)cc(Cl)n1)S(C)(=O)=O. The third kappa shape index (κ3) is 3.47. The number of pyridine rings is 1. The van der Waals surface area contributed by atoms with Crippen LogP contribution < -0.4 is 4.31 Å². The Morgan fingerprint density at radius 2 is 1.88 bits per heavy atom. The summed E-state index contributed by atoms with van der Waals surface area (Å²) < 4.78 is 60.3. The van der Waals surface area contributed by atoms with Crippen molar-refractivity contribution in [2.45, 2.75) is 6.18 Å². The molecule has 0 bridgehead atoms. The third-order valence-electron chi connectivity index (χ3n) is 1.93. The highest BCUT2D eigenvalue weighted by molar-refractivity contribution is 7.92. The highest BCUT2D eigenvalue weighted by Crippen LogP contribution is 2.32. The molecule has 0 aliphatic carbocycles. The minimum absolute atomic E-state index is 0.382. The lowest BCUT2D eigenvalue weighted by molar-refractivity contribution is -0.137.